The van der Waals surface area contributed by atoms with Crippen molar-refractivity contribution in [3.63, 3.8) is 0 Å². The molecule has 25 heavy (non-hydrogen) atoms. The van der Waals surface area contributed by atoms with E-state index >= 15 is 0 Å². The van der Waals surface area contributed by atoms with Crippen LogP contribution in [0, 0.1) is 13.8 Å². The minimum Gasteiger partial charge on any atom is -0.353 e. The molecule has 1 aromatic carbocycles. The summed E-state index contributed by atoms with van der Waals surface area (Å²) in [7, 11) is 0. The maximum atomic E-state index is 12.5. The van der Waals surface area contributed by atoms with Gasteiger partial charge in [-0.3, -0.25) is 4.79 Å². The number of para-hydroxylation sites is 1. The standard InChI is InChI=1S/C19H25N5O/c1-4-23-10-12-24(13-11-23)17-9-8-16(21-22-17)19(25)20-18-14(2)6-5-7-15(18)3/h5-9H,4,10-13H2,1-3H3,(H,20,25). The lowest BCUT2D eigenvalue weighted by atomic mass is 10.1. The van der Waals surface area contributed by atoms with E-state index in [1.54, 1.807) is 6.07 Å². The minimum atomic E-state index is -0.229. The number of piperazine rings is 1. The molecule has 0 saturated carbocycles. The van der Waals surface area contributed by atoms with Gasteiger partial charge in [0.15, 0.2) is 11.5 Å². The quantitative estimate of drug-likeness (QED) is 0.927. The van der Waals surface area contributed by atoms with Gasteiger partial charge in [0, 0.05) is 31.9 Å². The van der Waals surface area contributed by atoms with Gasteiger partial charge in [0.25, 0.3) is 5.91 Å². The summed E-state index contributed by atoms with van der Waals surface area (Å²) in [6, 6.07) is 9.57. The monoisotopic (exact) mass is 339 g/mol. The normalized spacial score (nSPS) is 15.2. The summed E-state index contributed by atoms with van der Waals surface area (Å²) in [4.78, 5) is 17.1. The first-order chi connectivity index (χ1) is 12.1. The van der Waals surface area contributed by atoms with Crippen molar-refractivity contribution in [1.29, 1.82) is 0 Å². The zero-order chi connectivity index (χ0) is 17.8. The number of rotatable bonds is 4. The molecule has 0 atom stereocenters. The van der Waals surface area contributed by atoms with Gasteiger partial charge in [0.05, 0.1) is 0 Å². The Balaban J connectivity index is 1.67. The number of amides is 1. The first kappa shape index (κ1) is 17.4. The number of aryl methyl sites for hydroxylation is 2. The summed E-state index contributed by atoms with van der Waals surface area (Å²) in [5.41, 5.74) is 3.24. The Labute approximate surface area is 148 Å². The number of likely N-dealkylation sites (N-methyl/N-ethyl adjacent to an activating group) is 1. The molecule has 3 rings (SSSR count). The van der Waals surface area contributed by atoms with Crippen LogP contribution in [-0.4, -0.2) is 53.7 Å². The van der Waals surface area contributed by atoms with Gasteiger partial charge in [0.1, 0.15) is 0 Å². The molecule has 1 aliphatic heterocycles. The highest BCUT2D eigenvalue weighted by Crippen LogP contribution is 2.20. The molecule has 2 heterocycles. The van der Waals surface area contributed by atoms with E-state index in [2.05, 4.69) is 32.2 Å². The molecule has 132 valence electrons. The average molecular weight is 339 g/mol. The highest BCUT2D eigenvalue weighted by atomic mass is 16.1. The molecule has 2 aromatic rings. The lowest BCUT2D eigenvalue weighted by molar-refractivity contribution is 0.102. The number of hydrogen-bond donors (Lipinski definition) is 1. The molecule has 1 aromatic heterocycles. The second-order valence-electron chi connectivity index (χ2n) is 6.42. The Morgan fingerprint density at radius 2 is 1.72 bits per heavy atom. The van der Waals surface area contributed by atoms with E-state index in [-0.39, 0.29) is 5.91 Å². The lowest BCUT2D eigenvalue weighted by Crippen LogP contribution is -2.46. The van der Waals surface area contributed by atoms with Crippen molar-refractivity contribution in [2.45, 2.75) is 20.8 Å². The van der Waals surface area contributed by atoms with E-state index in [0.29, 0.717) is 5.69 Å². The summed E-state index contributed by atoms with van der Waals surface area (Å²) in [5.74, 6) is 0.603. The predicted molar refractivity (Wildman–Crippen MR) is 100 cm³/mol. The number of carbonyl (C=O) groups excluding carboxylic acids is 1. The molecule has 0 spiro atoms. The van der Waals surface area contributed by atoms with Gasteiger partial charge in [-0.2, -0.15) is 0 Å². The predicted octanol–water partition coefficient (Wildman–Crippen LogP) is 2.49. The van der Waals surface area contributed by atoms with Crippen LogP contribution in [0.5, 0.6) is 0 Å². The molecular formula is C19H25N5O. The molecular weight excluding hydrogens is 314 g/mol. The molecule has 1 saturated heterocycles. The number of carbonyl (C=O) groups is 1. The van der Waals surface area contributed by atoms with Gasteiger partial charge >= 0.3 is 0 Å². The van der Waals surface area contributed by atoms with Crippen LogP contribution in [0.1, 0.15) is 28.5 Å². The van der Waals surface area contributed by atoms with E-state index in [1.807, 2.05) is 38.1 Å². The number of anilines is 2. The number of hydrogen-bond acceptors (Lipinski definition) is 5. The molecule has 1 aliphatic rings. The van der Waals surface area contributed by atoms with Crippen LogP contribution in [0.3, 0.4) is 0 Å². The maximum absolute atomic E-state index is 12.5. The van der Waals surface area contributed by atoms with Crippen LogP contribution in [0.2, 0.25) is 0 Å². The second-order valence-corrected chi connectivity index (χ2v) is 6.42. The van der Waals surface area contributed by atoms with Crippen LogP contribution in [0.15, 0.2) is 30.3 Å². The fourth-order valence-electron chi connectivity index (χ4n) is 3.10. The highest BCUT2D eigenvalue weighted by Gasteiger charge is 2.18. The maximum Gasteiger partial charge on any atom is 0.276 e. The summed E-state index contributed by atoms with van der Waals surface area (Å²) >= 11 is 0. The summed E-state index contributed by atoms with van der Waals surface area (Å²) in [6.45, 7) is 11.2. The van der Waals surface area contributed by atoms with Gasteiger partial charge in [-0.15, -0.1) is 10.2 Å². The van der Waals surface area contributed by atoms with E-state index in [1.165, 1.54) is 0 Å². The average Bonchev–Trinajstić information content (AvgIpc) is 2.65. The molecule has 1 N–H and O–H groups in total. The third-order valence-electron chi connectivity index (χ3n) is 4.75. The zero-order valence-electron chi connectivity index (χ0n) is 15.1. The Kier molecular flexibility index (Phi) is 5.28. The van der Waals surface area contributed by atoms with Crippen LogP contribution in [-0.2, 0) is 0 Å². The second kappa shape index (κ2) is 7.61. The fourth-order valence-corrected chi connectivity index (χ4v) is 3.10. The Morgan fingerprint density at radius 3 is 2.28 bits per heavy atom. The van der Waals surface area contributed by atoms with Gasteiger partial charge < -0.3 is 15.1 Å². The van der Waals surface area contributed by atoms with Crippen molar-refractivity contribution in [3.8, 4) is 0 Å². The van der Waals surface area contributed by atoms with Crippen molar-refractivity contribution in [2.24, 2.45) is 0 Å². The van der Waals surface area contributed by atoms with Gasteiger partial charge in [-0.05, 0) is 43.7 Å². The SMILES string of the molecule is CCN1CCN(c2ccc(C(=O)Nc3c(C)cccc3C)nn2)CC1. The van der Waals surface area contributed by atoms with Crippen molar-refractivity contribution in [1.82, 2.24) is 15.1 Å². The topological polar surface area (TPSA) is 61.4 Å². The largest absolute Gasteiger partial charge is 0.353 e. The molecule has 6 heteroatoms. The number of benzene rings is 1. The summed E-state index contributed by atoms with van der Waals surface area (Å²) < 4.78 is 0. The third kappa shape index (κ3) is 3.96. The number of aromatic nitrogens is 2. The summed E-state index contributed by atoms with van der Waals surface area (Å²) in [5, 5.41) is 11.3. The lowest BCUT2D eigenvalue weighted by Gasteiger charge is -2.34. The van der Waals surface area contributed by atoms with Crippen LogP contribution in [0.4, 0.5) is 11.5 Å². The van der Waals surface area contributed by atoms with Crippen LogP contribution >= 0.6 is 0 Å². The molecule has 0 unspecified atom stereocenters. The van der Waals surface area contributed by atoms with Gasteiger partial charge in [-0.1, -0.05) is 25.1 Å². The Morgan fingerprint density at radius 1 is 1.04 bits per heavy atom. The Hall–Kier alpha value is -2.47. The molecule has 6 nitrogen and oxygen atoms in total. The van der Waals surface area contributed by atoms with Crippen molar-refractivity contribution >= 4 is 17.4 Å². The van der Waals surface area contributed by atoms with Crippen molar-refractivity contribution < 1.29 is 4.79 Å². The Bertz CT molecular complexity index is 716. The number of nitrogens with zero attached hydrogens (tertiary/aromatic N) is 4. The van der Waals surface area contributed by atoms with Crippen molar-refractivity contribution in [3.05, 3.63) is 47.2 Å². The fraction of sp³-hybridized carbons (Fsp3) is 0.421. The molecule has 0 radical (unpaired) electrons. The van der Waals surface area contributed by atoms with E-state index in [9.17, 15) is 4.79 Å². The van der Waals surface area contributed by atoms with Gasteiger partial charge in [-0.25, -0.2) is 0 Å². The smallest absolute Gasteiger partial charge is 0.276 e. The molecule has 0 aliphatic carbocycles. The van der Waals surface area contributed by atoms with E-state index in [4.69, 9.17) is 0 Å². The van der Waals surface area contributed by atoms with E-state index in [0.717, 1.165) is 55.4 Å². The number of nitrogens with one attached hydrogen (secondary N) is 1. The highest BCUT2D eigenvalue weighted by molar-refractivity contribution is 6.03. The van der Waals surface area contributed by atoms with Crippen LogP contribution in [0.25, 0.3) is 0 Å². The molecule has 1 amide bonds. The third-order valence-corrected chi connectivity index (χ3v) is 4.75. The van der Waals surface area contributed by atoms with Crippen molar-refractivity contribution in [2.75, 3.05) is 42.9 Å². The van der Waals surface area contributed by atoms with Gasteiger partial charge in [0.2, 0.25) is 0 Å². The molecule has 1 fully saturated rings. The first-order valence-corrected chi connectivity index (χ1v) is 8.77. The van der Waals surface area contributed by atoms with E-state index < -0.39 is 0 Å². The molecule has 0 bridgehead atoms. The zero-order valence-corrected chi connectivity index (χ0v) is 15.1. The first-order valence-electron chi connectivity index (χ1n) is 8.77. The minimum absolute atomic E-state index is 0.229. The summed E-state index contributed by atoms with van der Waals surface area (Å²) in [6.07, 6.45) is 0. The van der Waals surface area contributed by atoms with Crippen LogP contribution < -0.4 is 10.2 Å².